The lowest BCUT2D eigenvalue weighted by Gasteiger charge is -2.17. The highest BCUT2D eigenvalue weighted by atomic mass is 32.1. The Labute approximate surface area is 118 Å². The quantitative estimate of drug-likeness (QED) is 0.566. The molecule has 0 aliphatic carbocycles. The number of nitrogens with zero attached hydrogens (tertiary/aromatic N) is 1. The molecule has 1 aliphatic rings. The number of hydrogen-bond donors (Lipinski definition) is 3. The fourth-order valence-corrected chi connectivity index (χ4v) is 3.10. The molecule has 0 aromatic carbocycles. The minimum absolute atomic E-state index is 0.0784. The lowest BCUT2D eigenvalue weighted by molar-refractivity contribution is 0.0000604. The number of aryl methyl sites for hydroxylation is 1. The maximum Gasteiger partial charge on any atom is 0.328 e. The normalized spacial score (nSPS) is 26.9. The number of aromatic amines is 1. The molecule has 0 radical (unpaired) electrons. The second kappa shape index (κ2) is 5.50. The first kappa shape index (κ1) is 15.5. The third kappa shape index (κ3) is 3.42. The molecule has 7 nitrogen and oxygen atoms in total. The van der Waals surface area contributed by atoms with E-state index in [1.807, 2.05) is 0 Å². The number of ether oxygens (including phenoxy) is 1. The molecule has 2 rings (SSSR count). The van der Waals surface area contributed by atoms with Crippen molar-refractivity contribution >= 4 is 19.8 Å². The molecule has 3 N–H and O–H groups in total. The first-order valence-electron chi connectivity index (χ1n) is 5.83. The van der Waals surface area contributed by atoms with E-state index in [0.29, 0.717) is 5.56 Å². The fraction of sp³-hybridized carbons (Fsp3) is 0.600. The molecular weight excluding hydrogens is 310 g/mol. The Morgan fingerprint density at radius 3 is 2.90 bits per heavy atom. The van der Waals surface area contributed by atoms with Crippen LogP contribution in [0.2, 0.25) is 0 Å². The molecular formula is C10H14FN2O5PS. The van der Waals surface area contributed by atoms with E-state index in [9.17, 15) is 13.8 Å². The minimum atomic E-state index is -4.36. The summed E-state index contributed by atoms with van der Waals surface area (Å²) in [5.41, 5.74) is 0.0452. The monoisotopic (exact) mass is 324 g/mol. The molecule has 1 aromatic rings. The molecule has 1 saturated heterocycles. The molecule has 0 saturated carbocycles. The third-order valence-corrected chi connectivity index (χ3v) is 4.18. The van der Waals surface area contributed by atoms with Gasteiger partial charge in [-0.3, -0.25) is 18.9 Å². The van der Waals surface area contributed by atoms with Gasteiger partial charge in [-0.15, -0.1) is 0 Å². The van der Waals surface area contributed by atoms with Crippen molar-refractivity contribution in [2.75, 3.05) is 6.16 Å². The van der Waals surface area contributed by atoms with Gasteiger partial charge in [-0.2, -0.15) is 0 Å². The Kier molecular flexibility index (Phi) is 4.27. The number of hydrogen-bond acceptors (Lipinski definition) is 4. The summed E-state index contributed by atoms with van der Waals surface area (Å²) >= 11 is 4.97. The van der Waals surface area contributed by atoms with Gasteiger partial charge in [-0.1, -0.05) is 0 Å². The Bertz CT molecular complexity index is 668. The van der Waals surface area contributed by atoms with Crippen molar-refractivity contribution in [3.8, 4) is 0 Å². The second-order valence-corrected chi connectivity index (χ2v) is 6.79. The first-order valence-corrected chi connectivity index (χ1v) is 8.04. The average molecular weight is 324 g/mol. The third-order valence-electron chi connectivity index (χ3n) is 3.04. The molecule has 1 aromatic heterocycles. The van der Waals surface area contributed by atoms with E-state index >= 15 is 0 Å². The van der Waals surface area contributed by atoms with E-state index in [0.717, 1.165) is 0 Å². The number of halogens is 1. The van der Waals surface area contributed by atoms with Gasteiger partial charge in [0, 0.05) is 18.2 Å². The van der Waals surface area contributed by atoms with E-state index in [-0.39, 0.29) is 16.8 Å². The van der Waals surface area contributed by atoms with Crippen molar-refractivity contribution in [1.82, 2.24) is 9.55 Å². The lowest BCUT2D eigenvalue weighted by atomic mass is 10.2. The summed E-state index contributed by atoms with van der Waals surface area (Å²) < 4.78 is 31.5. The predicted molar refractivity (Wildman–Crippen MR) is 71.0 cm³/mol. The van der Waals surface area contributed by atoms with Crippen LogP contribution >= 0.6 is 19.8 Å². The zero-order chi connectivity index (χ0) is 15.1. The summed E-state index contributed by atoms with van der Waals surface area (Å²) in [7, 11) is -4.36. The van der Waals surface area contributed by atoms with Crippen molar-refractivity contribution in [3.63, 3.8) is 0 Å². The Morgan fingerprint density at radius 2 is 2.30 bits per heavy atom. The predicted octanol–water partition coefficient (Wildman–Crippen LogP) is 1.02. The van der Waals surface area contributed by atoms with Crippen LogP contribution in [0, 0.1) is 11.7 Å². The lowest BCUT2D eigenvalue weighted by Crippen LogP contribution is -2.22. The van der Waals surface area contributed by atoms with Crippen LogP contribution in [0.25, 0.3) is 0 Å². The topological polar surface area (TPSA) is 105 Å². The number of aromatic nitrogens is 2. The molecule has 1 aliphatic heterocycles. The van der Waals surface area contributed by atoms with E-state index in [2.05, 4.69) is 4.98 Å². The van der Waals surface area contributed by atoms with Crippen LogP contribution in [-0.2, 0) is 9.30 Å². The molecule has 1 fully saturated rings. The van der Waals surface area contributed by atoms with Gasteiger partial charge < -0.3 is 14.5 Å². The molecule has 0 bridgehead atoms. The van der Waals surface area contributed by atoms with Gasteiger partial charge in [-0.25, -0.2) is 4.39 Å². The Hall–Kier alpha value is -0.860. The largest absolute Gasteiger partial charge is 0.351 e. The van der Waals surface area contributed by atoms with Crippen LogP contribution in [-0.4, -0.2) is 37.8 Å². The van der Waals surface area contributed by atoms with Crippen LogP contribution in [0.1, 0.15) is 18.2 Å². The summed E-state index contributed by atoms with van der Waals surface area (Å²) in [5.74, 6) is 0. The van der Waals surface area contributed by atoms with Crippen LogP contribution < -0.4 is 5.56 Å². The van der Waals surface area contributed by atoms with Crippen molar-refractivity contribution < 1.29 is 23.5 Å². The van der Waals surface area contributed by atoms with Crippen LogP contribution in [0.5, 0.6) is 0 Å². The van der Waals surface area contributed by atoms with Gasteiger partial charge >= 0.3 is 7.60 Å². The molecule has 20 heavy (non-hydrogen) atoms. The molecule has 112 valence electrons. The summed E-state index contributed by atoms with van der Waals surface area (Å²) in [6, 6.07) is 0. The summed E-state index contributed by atoms with van der Waals surface area (Å²) in [6.45, 7) is 1.57. The SMILES string of the molecule is Cc1cn([C@H]2C[C@H](F)[C@@H](CP(=O)(O)O)O2)c(=S)[nH]c1=O. The van der Waals surface area contributed by atoms with Crippen molar-refractivity contribution in [3.05, 3.63) is 26.9 Å². The van der Waals surface area contributed by atoms with Crippen LogP contribution in [0.3, 0.4) is 0 Å². The number of H-pyrrole nitrogens is 1. The van der Waals surface area contributed by atoms with Crippen molar-refractivity contribution in [1.29, 1.82) is 0 Å². The average Bonchev–Trinajstić information content (AvgIpc) is 2.63. The van der Waals surface area contributed by atoms with Gasteiger partial charge in [0.25, 0.3) is 5.56 Å². The maximum atomic E-state index is 13.8. The van der Waals surface area contributed by atoms with Crippen molar-refractivity contribution in [2.45, 2.75) is 31.8 Å². The van der Waals surface area contributed by atoms with Gasteiger partial charge in [0.05, 0.1) is 6.16 Å². The van der Waals surface area contributed by atoms with Crippen LogP contribution in [0.4, 0.5) is 4.39 Å². The summed E-state index contributed by atoms with van der Waals surface area (Å²) in [4.78, 5) is 31.6. The molecule has 2 heterocycles. The van der Waals surface area contributed by atoms with E-state index in [1.54, 1.807) is 6.92 Å². The first-order chi connectivity index (χ1) is 9.17. The number of nitrogens with one attached hydrogen (secondary N) is 1. The number of alkyl halides is 1. The van der Waals surface area contributed by atoms with E-state index in [1.165, 1.54) is 10.8 Å². The highest BCUT2D eigenvalue weighted by Crippen LogP contribution is 2.41. The zero-order valence-electron chi connectivity index (χ0n) is 10.5. The molecule has 10 heteroatoms. The van der Waals surface area contributed by atoms with Crippen LogP contribution in [0.15, 0.2) is 11.0 Å². The van der Waals surface area contributed by atoms with Gasteiger partial charge in [0.1, 0.15) is 18.5 Å². The molecule has 0 amide bonds. The molecule has 3 atom stereocenters. The highest BCUT2D eigenvalue weighted by Gasteiger charge is 2.40. The molecule has 0 spiro atoms. The fourth-order valence-electron chi connectivity index (χ4n) is 2.06. The van der Waals surface area contributed by atoms with E-state index in [4.69, 9.17) is 26.7 Å². The number of rotatable bonds is 3. The Balaban J connectivity index is 2.25. The van der Waals surface area contributed by atoms with E-state index < -0.39 is 32.3 Å². The second-order valence-electron chi connectivity index (χ2n) is 4.71. The summed E-state index contributed by atoms with van der Waals surface area (Å²) in [6.07, 6.45) is -2.79. The highest BCUT2D eigenvalue weighted by molar-refractivity contribution is 7.71. The van der Waals surface area contributed by atoms with Crippen molar-refractivity contribution in [2.24, 2.45) is 0 Å². The minimum Gasteiger partial charge on any atom is -0.351 e. The van der Waals surface area contributed by atoms with Gasteiger partial charge in [0.15, 0.2) is 4.77 Å². The Morgan fingerprint density at radius 1 is 1.65 bits per heavy atom. The molecule has 0 unspecified atom stereocenters. The zero-order valence-corrected chi connectivity index (χ0v) is 12.2. The smallest absolute Gasteiger partial charge is 0.328 e. The van der Waals surface area contributed by atoms with Gasteiger partial charge in [-0.05, 0) is 19.1 Å². The standard InChI is InChI=1S/C10H14FN2O5PS/c1-5-3-13(10(20)12-9(5)14)8-2-6(11)7(18-8)4-19(15,16)17/h3,6-8H,2,4H2,1H3,(H,12,14,20)(H2,15,16,17)/t6-,7+,8+/m0/s1. The van der Waals surface area contributed by atoms with Gasteiger partial charge in [0.2, 0.25) is 0 Å². The summed E-state index contributed by atoms with van der Waals surface area (Å²) in [5, 5.41) is 0. The maximum absolute atomic E-state index is 13.8.